The van der Waals surface area contributed by atoms with Crippen molar-refractivity contribution in [2.45, 2.75) is 19.8 Å². The molecule has 0 amide bonds. The minimum absolute atomic E-state index is 0.927. The minimum Gasteiger partial charge on any atom is -0.319 e. The van der Waals surface area contributed by atoms with Crippen LogP contribution in [0.3, 0.4) is 0 Å². The molecule has 1 aromatic rings. The molecule has 0 N–H and O–H groups in total. The molecule has 1 unspecified atom stereocenters. The molecule has 0 bridgehead atoms. The Kier molecular flexibility index (Phi) is 4.70. The first-order chi connectivity index (χ1) is 7.21. The van der Waals surface area contributed by atoms with Crippen LogP contribution in [0, 0.1) is 6.92 Å². The smallest absolute Gasteiger partial charge is 0.310 e. The molecule has 1 aromatic carbocycles. The Morgan fingerprint density at radius 2 is 1.80 bits per heavy atom. The Hall–Kier alpha value is -0.450. The SMILES string of the molecule is Cc1cccc(P2(=O)CCCC2)c1.O=[PH2+]. The van der Waals surface area contributed by atoms with Crippen molar-refractivity contribution in [2.75, 3.05) is 12.3 Å². The van der Waals surface area contributed by atoms with Gasteiger partial charge in [0.2, 0.25) is 0 Å². The monoisotopic (exact) mass is 243 g/mol. The summed E-state index contributed by atoms with van der Waals surface area (Å²) in [5.74, 6) is 0. The highest BCUT2D eigenvalue weighted by Gasteiger charge is 2.28. The Morgan fingerprint density at radius 1 is 1.20 bits per heavy atom. The number of aryl methyl sites for hydroxylation is 1. The van der Waals surface area contributed by atoms with Gasteiger partial charge in [0.05, 0.1) is 0 Å². The van der Waals surface area contributed by atoms with E-state index in [9.17, 15) is 4.57 Å². The minimum atomic E-state index is -1.95. The van der Waals surface area contributed by atoms with E-state index < -0.39 is 7.14 Å². The fourth-order valence-electron chi connectivity index (χ4n) is 1.99. The number of hydrogen-bond donors (Lipinski definition) is 0. The zero-order valence-corrected chi connectivity index (χ0v) is 11.0. The van der Waals surface area contributed by atoms with E-state index in [0.29, 0.717) is 0 Å². The first-order valence-electron chi connectivity index (χ1n) is 5.10. The van der Waals surface area contributed by atoms with E-state index in [4.69, 9.17) is 4.57 Å². The van der Waals surface area contributed by atoms with Crippen molar-refractivity contribution in [2.24, 2.45) is 0 Å². The van der Waals surface area contributed by atoms with Gasteiger partial charge in [-0.15, -0.1) is 0 Å². The van der Waals surface area contributed by atoms with Crippen molar-refractivity contribution in [3.8, 4) is 0 Å². The highest BCUT2D eigenvalue weighted by molar-refractivity contribution is 7.71. The molecule has 15 heavy (non-hydrogen) atoms. The van der Waals surface area contributed by atoms with Crippen molar-refractivity contribution in [1.29, 1.82) is 0 Å². The Balaban J connectivity index is 0.000000531. The summed E-state index contributed by atoms with van der Waals surface area (Å²) in [6.07, 6.45) is 4.14. The topological polar surface area (TPSA) is 34.1 Å². The van der Waals surface area contributed by atoms with Crippen LogP contribution in [-0.2, 0) is 9.13 Å². The van der Waals surface area contributed by atoms with Crippen molar-refractivity contribution >= 4 is 21.6 Å². The molecular formula is C11H17O2P2+. The highest BCUT2D eigenvalue weighted by atomic mass is 31.2. The van der Waals surface area contributed by atoms with E-state index in [1.165, 1.54) is 14.7 Å². The molecule has 0 aliphatic carbocycles. The largest absolute Gasteiger partial charge is 0.319 e. The Bertz CT molecular complexity index is 367. The second-order valence-electron chi connectivity index (χ2n) is 3.88. The average Bonchev–Trinajstić information content (AvgIpc) is 2.70. The molecule has 1 saturated heterocycles. The molecule has 0 radical (unpaired) electrons. The number of rotatable bonds is 1. The standard InChI is InChI=1S/C11H15OP.H2OP/c1-10-5-4-6-11(9-10)13(12)7-2-3-8-13;1-2/h4-6,9H,2-3,7-8H2,1H3;2H2/q;+1. The fraction of sp³-hybridized carbons (Fsp3) is 0.455. The summed E-state index contributed by atoms with van der Waals surface area (Å²) in [4.78, 5) is 0. The number of benzene rings is 1. The summed E-state index contributed by atoms with van der Waals surface area (Å²) < 4.78 is 20.5. The molecule has 2 nitrogen and oxygen atoms in total. The lowest BCUT2D eigenvalue weighted by Crippen LogP contribution is -2.06. The molecule has 0 aromatic heterocycles. The molecule has 0 spiro atoms. The van der Waals surface area contributed by atoms with Gasteiger partial charge in [-0.2, -0.15) is 0 Å². The van der Waals surface area contributed by atoms with Gasteiger partial charge >= 0.3 is 9.12 Å². The zero-order valence-electron chi connectivity index (χ0n) is 8.98. The van der Waals surface area contributed by atoms with E-state index in [0.717, 1.165) is 30.5 Å². The van der Waals surface area contributed by atoms with Gasteiger partial charge in [0.1, 0.15) is 7.14 Å². The van der Waals surface area contributed by atoms with Crippen molar-refractivity contribution in [3.05, 3.63) is 29.8 Å². The van der Waals surface area contributed by atoms with Crippen molar-refractivity contribution in [3.63, 3.8) is 0 Å². The van der Waals surface area contributed by atoms with Crippen LogP contribution in [0.4, 0.5) is 0 Å². The average molecular weight is 243 g/mol. The second kappa shape index (κ2) is 5.58. The third kappa shape index (κ3) is 3.00. The molecule has 0 saturated carbocycles. The van der Waals surface area contributed by atoms with Gasteiger partial charge in [-0.05, 0) is 25.8 Å². The molecular weight excluding hydrogens is 226 g/mol. The first kappa shape index (κ1) is 12.6. The molecule has 1 aliphatic heterocycles. The molecule has 2 rings (SSSR count). The molecule has 82 valence electrons. The van der Waals surface area contributed by atoms with Gasteiger partial charge in [0.15, 0.2) is 0 Å². The van der Waals surface area contributed by atoms with Crippen LogP contribution in [0.15, 0.2) is 24.3 Å². The third-order valence-electron chi connectivity index (χ3n) is 2.76. The summed E-state index contributed by atoms with van der Waals surface area (Å²) in [5, 5.41) is 1.10. The summed E-state index contributed by atoms with van der Waals surface area (Å²) in [7, 11) is -0.783. The lowest BCUT2D eigenvalue weighted by Gasteiger charge is -2.11. The second-order valence-corrected chi connectivity index (χ2v) is 7.07. The van der Waals surface area contributed by atoms with E-state index in [-0.39, 0.29) is 0 Å². The van der Waals surface area contributed by atoms with Crippen molar-refractivity contribution in [1.82, 2.24) is 0 Å². The Morgan fingerprint density at radius 3 is 2.33 bits per heavy atom. The van der Waals surface area contributed by atoms with Crippen LogP contribution in [0.1, 0.15) is 18.4 Å². The lowest BCUT2D eigenvalue weighted by atomic mass is 10.2. The van der Waals surface area contributed by atoms with Gasteiger partial charge in [0.25, 0.3) is 0 Å². The Labute approximate surface area is 93.1 Å². The van der Waals surface area contributed by atoms with E-state index in [2.05, 4.69) is 19.1 Å². The van der Waals surface area contributed by atoms with E-state index >= 15 is 0 Å². The number of hydrogen-bond acceptors (Lipinski definition) is 2. The molecule has 4 heteroatoms. The predicted octanol–water partition coefficient (Wildman–Crippen LogP) is 2.98. The molecule has 1 heterocycles. The predicted molar refractivity (Wildman–Crippen MR) is 67.8 cm³/mol. The summed E-state index contributed by atoms with van der Waals surface area (Å²) in [6, 6.07) is 8.19. The van der Waals surface area contributed by atoms with E-state index in [1.807, 2.05) is 12.1 Å². The van der Waals surface area contributed by atoms with Crippen LogP contribution in [-0.4, -0.2) is 12.3 Å². The van der Waals surface area contributed by atoms with Crippen LogP contribution in [0.5, 0.6) is 0 Å². The van der Waals surface area contributed by atoms with Crippen molar-refractivity contribution < 1.29 is 9.13 Å². The van der Waals surface area contributed by atoms with Crippen LogP contribution < -0.4 is 5.30 Å². The van der Waals surface area contributed by atoms with Crippen LogP contribution >= 0.6 is 16.3 Å². The first-order valence-corrected chi connectivity index (χ1v) is 7.64. The van der Waals surface area contributed by atoms with Gasteiger partial charge in [-0.3, -0.25) is 0 Å². The summed E-state index contributed by atoms with van der Waals surface area (Å²) in [5.41, 5.74) is 1.22. The fourth-order valence-corrected chi connectivity index (χ4v) is 4.99. The zero-order chi connectivity index (χ0) is 11.3. The molecule has 1 fully saturated rings. The summed E-state index contributed by atoms with van der Waals surface area (Å²) >= 11 is 0. The van der Waals surface area contributed by atoms with Gasteiger partial charge < -0.3 is 4.57 Å². The van der Waals surface area contributed by atoms with Crippen LogP contribution in [0.25, 0.3) is 0 Å². The highest BCUT2D eigenvalue weighted by Crippen LogP contribution is 2.50. The summed E-state index contributed by atoms with van der Waals surface area (Å²) in [6.45, 7) is 2.06. The molecule has 1 atom stereocenters. The quantitative estimate of drug-likeness (QED) is 0.710. The molecule has 1 aliphatic rings. The normalized spacial score (nSPS) is 17.9. The maximum atomic E-state index is 12.4. The van der Waals surface area contributed by atoms with Gasteiger partial charge in [-0.25, -0.2) is 0 Å². The third-order valence-corrected chi connectivity index (χ3v) is 6.06. The maximum absolute atomic E-state index is 12.4. The lowest BCUT2D eigenvalue weighted by molar-refractivity contribution is 0.585. The maximum Gasteiger partial charge on any atom is 0.310 e. The van der Waals surface area contributed by atoms with Crippen LogP contribution in [0.2, 0.25) is 0 Å². The van der Waals surface area contributed by atoms with E-state index in [1.54, 1.807) is 0 Å². The van der Waals surface area contributed by atoms with Gasteiger partial charge in [-0.1, -0.05) is 28.3 Å². The van der Waals surface area contributed by atoms with Gasteiger partial charge in [0, 0.05) is 17.6 Å².